The van der Waals surface area contributed by atoms with Crippen LogP contribution in [0.3, 0.4) is 0 Å². The maximum absolute atomic E-state index is 13.5. The molecule has 0 spiro atoms. The fourth-order valence-corrected chi connectivity index (χ4v) is 5.04. The highest BCUT2D eigenvalue weighted by molar-refractivity contribution is 6.07. The number of likely N-dealkylation sites (tertiary alicyclic amines) is 1. The van der Waals surface area contributed by atoms with Crippen molar-refractivity contribution in [1.29, 1.82) is 0 Å². The fraction of sp³-hybridized carbons (Fsp3) is 0.423. The van der Waals surface area contributed by atoms with E-state index in [2.05, 4.69) is 20.9 Å². The molecular formula is C26H31N5O5. The van der Waals surface area contributed by atoms with E-state index in [-0.39, 0.29) is 17.9 Å². The average Bonchev–Trinajstić information content (AvgIpc) is 3.40. The second kappa shape index (κ2) is 9.60. The number of carbonyl (C=O) groups is 4. The zero-order chi connectivity index (χ0) is 26.2. The lowest BCUT2D eigenvalue weighted by Crippen LogP contribution is -2.48. The molecule has 10 heteroatoms. The molecule has 3 N–H and O–H groups in total. The lowest BCUT2D eigenvalue weighted by molar-refractivity contribution is -0.145. The third kappa shape index (κ3) is 4.38. The molecule has 2 aliphatic heterocycles. The number of aryl methyl sites for hydroxylation is 2. The van der Waals surface area contributed by atoms with Crippen LogP contribution in [0.25, 0.3) is 0 Å². The van der Waals surface area contributed by atoms with Crippen molar-refractivity contribution in [2.45, 2.75) is 51.7 Å². The summed E-state index contributed by atoms with van der Waals surface area (Å²) >= 11 is 0. The number of nitrogens with one attached hydrogen (secondary N) is 3. The minimum atomic E-state index is -1.21. The summed E-state index contributed by atoms with van der Waals surface area (Å²) in [5, 5.41) is 8.39. The molecule has 3 heterocycles. The summed E-state index contributed by atoms with van der Waals surface area (Å²) < 4.78 is 4.98. The smallest absolute Gasteiger partial charge is 0.328 e. The van der Waals surface area contributed by atoms with Crippen LogP contribution >= 0.6 is 0 Å². The molecule has 0 saturated carbocycles. The minimum absolute atomic E-state index is 0.187. The SMILES string of the molecule is COC(=O)[C@@H]1C[C@H](Nc2ncc(C)cc2C)CN1C(=O)c1ccc([C@@]2(C(C)C)NC(=O)NC2=O)cc1. The molecule has 1 aromatic carbocycles. The van der Waals surface area contributed by atoms with E-state index in [1.54, 1.807) is 30.5 Å². The number of esters is 1. The van der Waals surface area contributed by atoms with E-state index >= 15 is 0 Å². The summed E-state index contributed by atoms with van der Waals surface area (Å²) in [7, 11) is 1.30. The Morgan fingerprint density at radius 3 is 2.44 bits per heavy atom. The number of aromatic nitrogens is 1. The number of nitrogens with zero attached hydrogens (tertiary/aromatic N) is 2. The van der Waals surface area contributed by atoms with Gasteiger partial charge in [-0.2, -0.15) is 0 Å². The van der Waals surface area contributed by atoms with Crippen LogP contribution in [0.1, 0.15) is 47.3 Å². The number of hydrogen-bond donors (Lipinski definition) is 3. The van der Waals surface area contributed by atoms with Gasteiger partial charge in [-0.05, 0) is 48.6 Å². The maximum atomic E-state index is 13.5. The largest absolute Gasteiger partial charge is 0.467 e. The van der Waals surface area contributed by atoms with Crippen molar-refractivity contribution < 1.29 is 23.9 Å². The van der Waals surface area contributed by atoms with Gasteiger partial charge in [-0.15, -0.1) is 0 Å². The molecular weight excluding hydrogens is 462 g/mol. The molecule has 2 aliphatic rings. The van der Waals surface area contributed by atoms with Crippen LogP contribution in [0.4, 0.5) is 10.6 Å². The highest BCUT2D eigenvalue weighted by Gasteiger charge is 2.50. The Morgan fingerprint density at radius 2 is 1.89 bits per heavy atom. The van der Waals surface area contributed by atoms with Crippen LogP contribution < -0.4 is 16.0 Å². The van der Waals surface area contributed by atoms with Crippen molar-refractivity contribution in [3.05, 3.63) is 58.8 Å². The molecule has 0 bridgehead atoms. The van der Waals surface area contributed by atoms with E-state index in [1.807, 2.05) is 33.8 Å². The summed E-state index contributed by atoms with van der Waals surface area (Å²) in [6, 6.07) is 7.08. The zero-order valence-electron chi connectivity index (χ0n) is 21.0. The van der Waals surface area contributed by atoms with Crippen LogP contribution in [0.2, 0.25) is 0 Å². The van der Waals surface area contributed by atoms with Crippen molar-refractivity contribution in [1.82, 2.24) is 20.5 Å². The summed E-state index contributed by atoms with van der Waals surface area (Å²) in [4.78, 5) is 56.5. The Hall–Kier alpha value is -3.95. The molecule has 0 radical (unpaired) electrons. The molecule has 2 fully saturated rings. The average molecular weight is 494 g/mol. The summed E-state index contributed by atoms with van der Waals surface area (Å²) in [6.07, 6.45) is 2.15. The summed E-state index contributed by atoms with van der Waals surface area (Å²) in [6.45, 7) is 7.90. The van der Waals surface area contributed by atoms with Crippen LogP contribution in [0, 0.1) is 19.8 Å². The highest BCUT2D eigenvalue weighted by atomic mass is 16.5. The molecule has 3 atom stereocenters. The fourth-order valence-electron chi connectivity index (χ4n) is 5.04. The first kappa shape index (κ1) is 25.2. The van der Waals surface area contributed by atoms with E-state index in [4.69, 9.17) is 4.74 Å². The highest BCUT2D eigenvalue weighted by Crippen LogP contribution is 2.33. The molecule has 0 aliphatic carbocycles. The second-order valence-electron chi connectivity index (χ2n) is 9.70. The van der Waals surface area contributed by atoms with E-state index < -0.39 is 29.5 Å². The van der Waals surface area contributed by atoms with Crippen molar-refractivity contribution >= 4 is 29.6 Å². The van der Waals surface area contributed by atoms with E-state index in [0.29, 0.717) is 29.9 Å². The number of ether oxygens (including phenoxy) is 1. The van der Waals surface area contributed by atoms with Crippen molar-refractivity contribution in [3.63, 3.8) is 0 Å². The quantitative estimate of drug-likeness (QED) is 0.416. The van der Waals surface area contributed by atoms with Gasteiger partial charge in [-0.25, -0.2) is 14.6 Å². The first-order chi connectivity index (χ1) is 17.1. The predicted octanol–water partition coefficient (Wildman–Crippen LogP) is 2.26. The van der Waals surface area contributed by atoms with Gasteiger partial charge in [0.2, 0.25) is 0 Å². The Bertz CT molecular complexity index is 1210. The topological polar surface area (TPSA) is 130 Å². The van der Waals surface area contributed by atoms with Crippen molar-refractivity contribution in [2.24, 2.45) is 5.92 Å². The number of amides is 4. The number of imide groups is 1. The Kier molecular flexibility index (Phi) is 6.71. The molecule has 36 heavy (non-hydrogen) atoms. The number of benzene rings is 1. The van der Waals surface area contributed by atoms with Gasteiger partial charge in [-0.3, -0.25) is 14.9 Å². The molecule has 4 amide bonds. The van der Waals surface area contributed by atoms with E-state index in [9.17, 15) is 19.2 Å². The molecule has 2 aromatic rings. The number of rotatable bonds is 6. The molecule has 10 nitrogen and oxygen atoms in total. The third-order valence-electron chi connectivity index (χ3n) is 6.94. The van der Waals surface area contributed by atoms with Gasteiger partial charge < -0.3 is 20.3 Å². The standard InChI is InChI=1S/C26H31N5O5/c1-14(2)26(24(34)29-25(35)30-26)18-8-6-17(7-9-18)22(32)31-13-19(11-20(31)23(33)36-5)28-21-16(4)10-15(3)12-27-21/h6-10,12,14,19-20H,11,13H2,1-5H3,(H,27,28)(H2,29,30,34,35)/t19-,20-,26+/m0/s1. The van der Waals surface area contributed by atoms with Crippen LogP contribution in [-0.2, 0) is 19.9 Å². The third-order valence-corrected chi connectivity index (χ3v) is 6.94. The van der Waals surface area contributed by atoms with E-state index in [0.717, 1.165) is 11.1 Å². The normalized spacial score (nSPS) is 23.4. The lowest BCUT2D eigenvalue weighted by Gasteiger charge is -2.31. The maximum Gasteiger partial charge on any atom is 0.328 e. The number of hydrogen-bond acceptors (Lipinski definition) is 7. The van der Waals surface area contributed by atoms with E-state index in [1.165, 1.54) is 12.0 Å². The molecule has 2 saturated heterocycles. The molecule has 190 valence electrons. The molecule has 0 unspecified atom stereocenters. The lowest BCUT2D eigenvalue weighted by atomic mass is 9.79. The Labute approximate surface area is 209 Å². The monoisotopic (exact) mass is 493 g/mol. The van der Waals surface area contributed by atoms with Crippen LogP contribution in [0.15, 0.2) is 36.5 Å². The molecule has 1 aromatic heterocycles. The first-order valence-corrected chi connectivity index (χ1v) is 11.9. The van der Waals surface area contributed by atoms with Gasteiger partial charge in [0.1, 0.15) is 17.4 Å². The van der Waals surface area contributed by atoms with Crippen molar-refractivity contribution in [3.8, 4) is 0 Å². The second-order valence-corrected chi connectivity index (χ2v) is 9.70. The first-order valence-electron chi connectivity index (χ1n) is 11.9. The Morgan fingerprint density at radius 1 is 1.19 bits per heavy atom. The van der Waals surface area contributed by atoms with Gasteiger partial charge in [0.05, 0.1) is 7.11 Å². The number of urea groups is 1. The summed E-state index contributed by atoms with van der Waals surface area (Å²) in [5.74, 6) is -0.752. The van der Waals surface area contributed by atoms with Crippen LogP contribution in [-0.4, -0.2) is 59.4 Å². The zero-order valence-corrected chi connectivity index (χ0v) is 21.0. The number of anilines is 1. The summed E-state index contributed by atoms with van der Waals surface area (Å²) in [5.41, 5.74) is 1.75. The van der Waals surface area contributed by atoms with Gasteiger partial charge in [0.25, 0.3) is 11.8 Å². The minimum Gasteiger partial charge on any atom is -0.467 e. The van der Waals surface area contributed by atoms with Crippen molar-refractivity contribution in [2.75, 3.05) is 19.0 Å². The molecule has 4 rings (SSSR count). The number of pyridine rings is 1. The van der Waals surface area contributed by atoms with Gasteiger partial charge in [0, 0.05) is 30.8 Å². The van der Waals surface area contributed by atoms with Gasteiger partial charge >= 0.3 is 12.0 Å². The number of carbonyl (C=O) groups excluding carboxylic acids is 4. The van der Waals surface area contributed by atoms with Gasteiger partial charge in [0.15, 0.2) is 0 Å². The van der Waals surface area contributed by atoms with Crippen LogP contribution in [0.5, 0.6) is 0 Å². The predicted molar refractivity (Wildman–Crippen MR) is 132 cm³/mol. The van der Waals surface area contributed by atoms with Gasteiger partial charge in [-0.1, -0.05) is 32.0 Å². The number of methoxy groups -OCH3 is 1. The Balaban J connectivity index is 1.57.